The van der Waals surface area contributed by atoms with Crippen LogP contribution in [0.15, 0.2) is 24.3 Å². The van der Waals surface area contributed by atoms with Crippen LogP contribution in [0, 0.1) is 11.2 Å². The molecule has 1 N–H and O–H groups in total. The summed E-state index contributed by atoms with van der Waals surface area (Å²) in [5.74, 6) is -0.0760. The molecule has 2 amide bonds. The number of hydrogen-bond acceptors (Lipinski definition) is 2. The van der Waals surface area contributed by atoms with Gasteiger partial charge in [-0.1, -0.05) is 32.9 Å². The highest BCUT2D eigenvalue weighted by Gasteiger charge is 2.27. The highest BCUT2D eigenvalue weighted by atomic mass is 19.1. The Labute approximate surface area is 143 Å². The molecular formula is C19H27FN2O2. The van der Waals surface area contributed by atoms with Crippen LogP contribution in [0.1, 0.15) is 45.6 Å². The third-order valence-electron chi connectivity index (χ3n) is 4.40. The second-order valence-electron chi connectivity index (χ2n) is 7.50. The van der Waals surface area contributed by atoms with Gasteiger partial charge < -0.3 is 10.2 Å². The molecule has 1 heterocycles. The van der Waals surface area contributed by atoms with Gasteiger partial charge in [0.25, 0.3) is 0 Å². The van der Waals surface area contributed by atoms with Crippen molar-refractivity contribution in [2.75, 3.05) is 13.1 Å². The smallest absolute Gasteiger partial charge is 0.225 e. The van der Waals surface area contributed by atoms with Crippen LogP contribution in [0.2, 0.25) is 0 Å². The van der Waals surface area contributed by atoms with Crippen molar-refractivity contribution in [2.45, 2.75) is 52.5 Å². The Bertz CT molecular complexity index is 570. The molecule has 0 aromatic heterocycles. The number of nitrogens with one attached hydrogen (secondary N) is 1. The monoisotopic (exact) mass is 334 g/mol. The lowest BCUT2D eigenvalue weighted by Crippen LogP contribution is -2.49. The third kappa shape index (κ3) is 5.32. The van der Waals surface area contributed by atoms with Crippen LogP contribution in [0.25, 0.3) is 0 Å². The van der Waals surface area contributed by atoms with E-state index in [1.165, 1.54) is 12.1 Å². The first-order valence-electron chi connectivity index (χ1n) is 8.59. The Morgan fingerprint density at radius 1 is 1.17 bits per heavy atom. The van der Waals surface area contributed by atoms with Crippen LogP contribution >= 0.6 is 0 Å². The summed E-state index contributed by atoms with van der Waals surface area (Å²) in [6.45, 7) is 7.05. The number of halogens is 1. The Hall–Kier alpha value is -1.91. The number of benzene rings is 1. The van der Waals surface area contributed by atoms with E-state index >= 15 is 0 Å². The van der Waals surface area contributed by atoms with Gasteiger partial charge in [-0.3, -0.25) is 9.59 Å². The van der Waals surface area contributed by atoms with Gasteiger partial charge in [-0.25, -0.2) is 4.39 Å². The van der Waals surface area contributed by atoms with Gasteiger partial charge in [-0.15, -0.1) is 0 Å². The molecule has 0 bridgehead atoms. The molecule has 2 rings (SSSR count). The van der Waals surface area contributed by atoms with Crippen LogP contribution in [0.4, 0.5) is 4.39 Å². The second-order valence-corrected chi connectivity index (χ2v) is 7.50. The average Bonchev–Trinajstić information content (AvgIpc) is 2.54. The number of hydrogen-bond donors (Lipinski definition) is 1. The summed E-state index contributed by atoms with van der Waals surface area (Å²) < 4.78 is 12.9. The fraction of sp³-hybridized carbons (Fsp3) is 0.579. The molecule has 1 aromatic carbocycles. The third-order valence-corrected chi connectivity index (χ3v) is 4.40. The predicted octanol–water partition coefficient (Wildman–Crippen LogP) is 2.91. The van der Waals surface area contributed by atoms with E-state index in [9.17, 15) is 14.0 Å². The number of piperidine rings is 1. The zero-order valence-electron chi connectivity index (χ0n) is 14.8. The zero-order chi connectivity index (χ0) is 17.7. The Morgan fingerprint density at radius 2 is 1.75 bits per heavy atom. The van der Waals surface area contributed by atoms with E-state index in [0.717, 1.165) is 18.4 Å². The number of aryl methyl sites for hydroxylation is 1. The highest BCUT2D eigenvalue weighted by Crippen LogP contribution is 2.17. The van der Waals surface area contributed by atoms with Crippen LogP contribution in [-0.2, 0) is 16.0 Å². The minimum Gasteiger partial charge on any atom is -0.353 e. The molecule has 0 spiro atoms. The lowest BCUT2D eigenvalue weighted by atomic mass is 9.94. The van der Waals surface area contributed by atoms with Gasteiger partial charge in [-0.05, 0) is 37.0 Å². The fourth-order valence-corrected chi connectivity index (χ4v) is 2.74. The van der Waals surface area contributed by atoms with Gasteiger partial charge >= 0.3 is 0 Å². The number of nitrogens with zero attached hydrogens (tertiary/aromatic N) is 1. The van der Waals surface area contributed by atoms with Gasteiger partial charge in [0, 0.05) is 31.0 Å². The minimum absolute atomic E-state index is 0.0589. The number of carbonyl (C=O) groups excluding carboxylic acids is 2. The first kappa shape index (κ1) is 18.4. The summed E-state index contributed by atoms with van der Waals surface area (Å²) in [6, 6.07) is 6.43. The van der Waals surface area contributed by atoms with Crippen molar-refractivity contribution >= 4 is 11.8 Å². The van der Waals surface area contributed by atoms with Gasteiger partial charge in [0.15, 0.2) is 0 Å². The predicted molar refractivity (Wildman–Crippen MR) is 91.9 cm³/mol. The molecule has 1 aliphatic rings. The van der Waals surface area contributed by atoms with Crippen molar-refractivity contribution in [3.8, 4) is 0 Å². The molecule has 132 valence electrons. The van der Waals surface area contributed by atoms with Crippen LogP contribution < -0.4 is 5.32 Å². The van der Waals surface area contributed by atoms with Crippen molar-refractivity contribution < 1.29 is 14.0 Å². The SMILES string of the molecule is CC(C)(C)C(=O)NC1CCN(C(=O)CCc2ccc(F)cc2)CC1. The normalized spacial score (nSPS) is 16.1. The topological polar surface area (TPSA) is 49.4 Å². The number of carbonyl (C=O) groups is 2. The van der Waals surface area contributed by atoms with Crippen molar-refractivity contribution in [3.63, 3.8) is 0 Å². The van der Waals surface area contributed by atoms with Crippen LogP contribution in [-0.4, -0.2) is 35.8 Å². The van der Waals surface area contributed by atoms with Gasteiger partial charge in [0.2, 0.25) is 11.8 Å². The van der Waals surface area contributed by atoms with E-state index in [-0.39, 0.29) is 29.1 Å². The number of rotatable bonds is 4. The van der Waals surface area contributed by atoms with E-state index in [0.29, 0.717) is 25.9 Å². The maximum absolute atomic E-state index is 12.9. The summed E-state index contributed by atoms with van der Waals surface area (Å²) in [7, 11) is 0. The summed E-state index contributed by atoms with van der Waals surface area (Å²) in [5.41, 5.74) is 0.583. The van der Waals surface area contributed by atoms with Crippen molar-refractivity contribution in [1.82, 2.24) is 10.2 Å². The maximum atomic E-state index is 12.9. The molecule has 1 aliphatic heterocycles. The van der Waals surface area contributed by atoms with Gasteiger partial charge in [-0.2, -0.15) is 0 Å². The summed E-state index contributed by atoms with van der Waals surface area (Å²) in [6.07, 6.45) is 2.65. The quantitative estimate of drug-likeness (QED) is 0.920. The standard InChI is InChI=1S/C19H27FN2O2/c1-19(2,3)18(24)21-16-10-12-22(13-11-16)17(23)9-6-14-4-7-15(20)8-5-14/h4-5,7-8,16H,6,9-13H2,1-3H3,(H,21,24). The summed E-state index contributed by atoms with van der Waals surface area (Å²) in [4.78, 5) is 26.2. The van der Waals surface area contributed by atoms with Crippen molar-refractivity contribution in [3.05, 3.63) is 35.6 Å². The fourth-order valence-electron chi connectivity index (χ4n) is 2.74. The summed E-state index contributed by atoms with van der Waals surface area (Å²) in [5, 5.41) is 3.07. The van der Waals surface area contributed by atoms with E-state index in [1.54, 1.807) is 12.1 Å². The van der Waals surface area contributed by atoms with Crippen molar-refractivity contribution in [2.24, 2.45) is 5.41 Å². The molecule has 0 unspecified atom stereocenters. The first-order chi connectivity index (χ1) is 11.3. The Kier molecular flexibility index (Phi) is 5.97. The maximum Gasteiger partial charge on any atom is 0.225 e. The molecule has 1 saturated heterocycles. The number of amides is 2. The summed E-state index contributed by atoms with van der Waals surface area (Å²) >= 11 is 0. The largest absolute Gasteiger partial charge is 0.353 e. The van der Waals surface area contributed by atoms with Crippen LogP contribution in [0.5, 0.6) is 0 Å². The van der Waals surface area contributed by atoms with E-state index < -0.39 is 0 Å². The average molecular weight is 334 g/mol. The lowest BCUT2D eigenvalue weighted by molar-refractivity contribution is -0.132. The minimum atomic E-state index is -0.387. The van der Waals surface area contributed by atoms with E-state index in [1.807, 2.05) is 25.7 Å². The lowest BCUT2D eigenvalue weighted by Gasteiger charge is -2.33. The number of likely N-dealkylation sites (tertiary alicyclic amines) is 1. The van der Waals surface area contributed by atoms with E-state index in [4.69, 9.17) is 0 Å². The molecule has 1 fully saturated rings. The molecule has 0 atom stereocenters. The molecular weight excluding hydrogens is 307 g/mol. The first-order valence-corrected chi connectivity index (χ1v) is 8.59. The Morgan fingerprint density at radius 3 is 2.29 bits per heavy atom. The molecule has 1 aromatic rings. The molecule has 24 heavy (non-hydrogen) atoms. The van der Waals surface area contributed by atoms with Gasteiger partial charge in [0.1, 0.15) is 5.82 Å². The molecule has 0 saturated carbocycles. The zero-order valence-corrected chi connectivity index (χ0v) is 14.8. The Balaban J connectivity index is 1.74. The van der Waals surface area contributed by atoms with Gasteiger partial charge in [0.05, 0.1) is 0 Å². The molecule has 0 aliphatic carbocycles. The molecule has 5 heteroatoms. The van der Waals surface area contributed by atoms with E-state index in [2.05, 4.69) is 5.32 Å². The van der Waals surface area contributed by atoms with Crippen LogP contribution in [0.3, 0.4) is 0 Å². The molecule has 4 nitrogen and oxygen atoms in total. The van der Waals surface area contributed by atoms with Crippen molar-refractivity contribution in [1.29, 1.82) is 0 Å². The molecule has 0 radical (unpaired) electrons. The second kappa shape index (κ2) is 7.77. The highest BCUT2D eigenvalue weighted by molar-refractivity contribution is 5.81.